The lowest BCUT2D eigenvalue weighted by Gasteiger charge is -2.08. The molecule has 2 aromatic rings. The summed E-state index contributed by atoms with van der Waals surface area (Å²) in [5, 5.41) is 1.03. The van der Waals surface area contributed by atoms with Crippen molar-refractivity contribution in [1.29, 1.82) is 0 Å². The number of nitrogens with zero attached hydrogens (tertiary/aromatic N) is 1. The third kappa shape index (κ3) is 1.34. The van der Waals surface area contributed by atoms with Crippen LogP contribution in [-0.4, -0.2) is 10.8 Å². The van der Waals surface area contributed by atoms with Crippen LogP contribution in [0.1, 0.15) is 11.3 Å². The normalized spacial score (nSPS) is 14.3. The molecule has 0 N–H and O–H groups in total. The molecule has 1 aromatic carbocycles. The van der Waals surface area contributed by atoms with Crippen molar-refractivity contribution in [3.8, 4) is 0 Å². The molecule has 0 aliphatic heterocycles. The Labute approximate surface area is 87.3 Å². The Balaban J connectivity index is 2.31. The number of para-hydroxylation sites is 1. The number of carbonyl (C=O) groups excluding carboxylic acids is 1. The molecule has 1 aliphatic rings. The minimum atomic E-state index is -0.0976. The maximum absolute atomic E-state index is 11.1. The fraction of sp³-hybridized carbons (Fsp3) is 0. The largest absolute Gasteiger partial charge is 0.294 e. The minimum Gasteiger partial charge on any atom is -0.294 e. The number of pyridine rings is 1. The third-order valence-electron chi connectivity index (χ3n) is 2.40. The van der Waals surface area contributed by atoms with E-state index in [0.717, 1.165) is 22.2 Å². The zero-order valence-corrected chi connectivity index (χ0v) is 7.90. The van der Waals surface area contributed by atoms with Crippen LogP contribution < -0.4 is 0 Å². The van der Waals surface area contributed by atoms with E-state index in [1.807, 2.05) is 30.3 Å². The van der Waals surface area contributed by atoms with Gasteiger partial charge >= 0.3 is 0 Å². The van der Waals surface area contributed by atoms with Crippen molar-refractivity contribution in [1.82, 2.24) is 4.98 Å². The quantitative estimate of drug-likeness (QED) is 0.642. The van der Waals surface area contributed by atoms with Crippen molar-refractivity contribution in [2.24, 2.45) is 0 Å². The molecule has 0 fully saturated rings. The lowest BCUT2D eigenvalue weighted by atomic mass is 9.99. The maximum atomic E-state index is 11.1. The van der Waals surface area contributed by atoms with Gasteiger partial charge in [0.15, 0.2) is 5.78 Å². The van der Waals surface area contributed by atoms with Crippen LogP contribution in [0.3, 0.4) is 0 Å². The second-order valence-corrected chi connectivity index (χ2v) is 3.44. The summed E-state index contributed by atoms with van der Waals surface area (Å²) < 4.78 is 0. The lowest BCUT2D eigenvalue weighted by Crippen LogP contribution is -2.04. The van der Waals surface area contributed by atoms with Gasteiger partial charge in [-0.05, 0) is 29.8 Å². The summed E-state index contributed by atoms with van der Waals surface area (Å²) >= 11 is 0. The van der Waals surface area contributed by atoms with Gasteiger partial charge in [-0.2, -0.15) is 0 Å². The predicted octanol–water partition coefficient (Wildman–Crippen LogP) is 2.26. The molecule has 2 radical (unpaired) electrons. The number of benzene rings is 1. The zero-order valence-electron chi connectivity index (χ0n) is 7.90. The number of hydrogen-bond acceptors (Lipinski definition) is 2. The van der Waals surface area contributed by atoms with Gasteiger partial charge in [-0.1, -0.05) is 18.2 Å². The van der Waals surface area contributed by atoms with Crippen LogP contribution in [0.4, 0.5) is 0 Å². The zero-order chi connectivity index (χ0) is 10.3. The third-order valence-corrected chi connectivity index (χ3v) is 2.40. The fourth-order valence-electron chi connectivity index (χ4n) is 1.69. The molecule has 2 heteroatoms. The first-order valence-corrected chi connectivity index (χ1v) is 4.72. The van der Waals surface area contributed by atoms with Crippen LogP contribution in [0, 0.1) is 6.42 Å². The molecule has 0 amide bonds. The summed E-state index contributed by atoms with van der Waals surface area (Å²) in [6.45, 7) is 0. The number of hydrogen-bond donors (Lipinski definition) is 0. The number of fused-ring (bicyclic) bond motifs is 2. The molecular formula is C13H7NO. The van der Waals surface area contributed by atoms with E-state index in [-0.39, 0.29) is 5.78 Å². The molecule has 0 bridgehead atoms. The average molecular weight is 193 g/mol. The van der Waals surface area contributed by atoms with E-state index >= 15 is 0 Å². The Morgan fingerprint density at radius 1 is 1.13 bits per heavy atom. The molecule has 3 rings (SSSR count). The van der Waals surface area contributed by atoms with Gasteiger partial charge in [0.05, 0.1) is 17.6 Å². The molecule has 0 saturated carbocycles. The molecule has 0 saturated heterocycles. The molecule has 0 spiro atoms. The van der Waals surface area contributed by atoms with Crippen LogP contribution in [0.5, 0.6) is 0 Å². The number of ketones is 1. The van der Waals surface area contributed by atoms with Crippen LogP contribution in [0.15, 0.2) is 36.4 Å². The van der Waals surface area contributed by atoms with E-state index in [9.17, 15) is 4.79 Å². The standard InChI is InChI=1S/C13H7NO/c15-11-5-6-13-10(8-11)7-9-3-1-2-4-12(9)14-13/h1-7H. The Morgan fingerprint density at radius 2 is 2.00 bits per heavy atom. The average Bonchev–Trinajstić information content (AvgIpc) is 2.26. The second-order valence-electron chi connectivity index (χ2n) is 3.44. The Morgan fingerprint density at radius 3 is 2.93 bits per heavy atom. The van der Waals surface area contributed by atoms with Crippen molar-refractivity contribution < 1.29 is 4.79 Å². The summed E-state index contributed by atoms with van der Waals surface area (Å²) in [5.74, 6) is -0.0976. The van der Waals surface area contributed by atoms with E-state index in [4.69, 9.17) is 0 Å². The van der Waals surface area contributed by atoms with Gasteiger partial charge in [-0.25, -0.2) is 4.98 Å². The van der Waals surface area contributed by atoms with Crippen molar-refractivity contribution >= 4 is 22.8 Å². The second kappa shape index (κ2) is 3.02. The Kier molecular flexibility index (Phi) is 1.68. The van der Waals surface area contributed by atoms with E-state index in [2.05, 4.69) is 11.4 Å². The van der Waals surface area contributed by atoms with Gasteiger partial charge in [0.1, 0.15) is 0 Å². The molecular weight excluding hydrogens is 186 g/mol. The van der Waals surface area contributed by atoms with Crippen molar-refractivity contribution in [2.75, 3.05) is 0 Å². The number of rotatable bonds is 0. The summed E-state index contributed by atoms with van der Waals surface area (Å²) in [4.78, 5) is 15.6. The fourth-order valence-corrected chi connectivity index (χ4v) is 1.69. The molecule has 0 atom stereocenters. The van der Waals surface area contributed by atoms with Crippen molar-refractivity contribution in [3.05, 3.63) is 54.1 Å². The van der Waals surface area contributed by atoms with E-state index in [1.165, 1.54) is 6.08 Å². The highest BCUT2D eigenvalue weighted by Gasteiger charge is 2.13. The summed E-state index contributed by atoms with van der Waals surface area (Å²) in [6, 6.07) is 9.79. The van der Waals surface area contributed by atoms with Gasteiger partial charge in [0, 0.05) is 5.39 Å². The number of carbonyl (C=O) groups is 1. The van der Waals surface area contributed by atoms with E-state index in [1.54, 1.807) is 6.08 Å². The highest BCUT2D eigenvalue weighted by atomic mass is 16.1. The van der Waals surface area contributed by atoms with Crippen LogP contribution in [-0.2, 0) is 4.79 Å². The summed E-state index contributed by atoms with van der Waals surface area (Å²) in [5.41, 5.74) is 2.53. The molecule has 15 heavy (non-hydrogen) atoms. The first kappa shape index (κ1) is 8.36. The predicted molar refractivity (Wildman–Crippen MR) is 58.1 cm³/mol. The Bertz CT molecular complexity index is 584. The molecule has 0 unspecified atom stereocenters. The monoisotopic (exact) mass is 193 g/mol. The lowest BCUT2D eigenvalue weighted by molar-refractivity contribution is -0.111. The summed E-state index contributed by atoms with van der Waals surface area (Å²) in [6.07, 6.45) is 5.99. The SMILES string of the molecule is O=C1[C]c2cc3ccccc3nc2C=C1. The van der Waals surface area contributed by atoms with Gasteiger partial charge in [-0.15, -0.1) is 0 Å². The highest BCUT2D eigenvalue weighted by molar-refractivity contribution is 6.06. The van der Waals surface area contributed by atoms with E-state index < -0.39 is 0 Å². The van der Waals surface area contributed by atoms with Gasteiger partial charge in [0.25, 0.3) is 0 Å². The molecule has 70 valence electrons. The number of allylic oxidation sites excluding steroid dienone is 1. The van der Waals surface area contributed by atoms with Gasteiger partial charge < -0.3 is 0 Å². The number of aromatic nitrogens is 1. The van der Waals surface area contributed by atoms with Crippen molar-refractivity contribution in [2.45, 2.75) is 0 Å². The highest BCUT2D eigenvalue weighted by Crippen LogP contribution is 2.22. The van der Waals surface area contributed by atoms with E-state index in [0.29, 0.717) is 0 Å². The summed E-state index contributed by atoms with van der Waals surface area (Å²) in [7, 11) is 0. The van der Waals surface area contributed by atoms with Crippen LogP contribution in [0.25, 0.3) is 17.0 Å². The molecule has 1 aliphatic carbocycles. The molecule has 1 heterocycles. The van der Waals surface area contributed by atoms with Gasteiger partial charge in [0.2, 0.25) is 0 Å². The maximum Gasteiger partial charge on any atom is 0.169 e. The minimum absolute atomic E-state index is 0.0976. The van der Waals surface area contributed by atoms with Gasteiger partial charge in [-0.3, -0.25) is 4.79 Å². The van der Waals surface area contributed by atoms with Crippen molar-refractivity contribution in [3.63, 3.8) is 0 Å². The Hall–Kier alpha value is -1.96. The first-order chi connectivity index (χ1) is 7.33. The van der Waals surface area contributed by atoms with Crippen LogP contribution in [0.2, 0.25) is 0 Å². The smallest absolute Gasteiger partial charge is 0.169 e. The first-order valence-electron chi connectivity index (χ1n) is 4.72. The topological polar surface area (TPSA) is 30.0 Å². The molecule has 1 aromatic heterocycles. The molecule has 2 nitrogen and oxygen atoms in total. The van der Waals surface area contributed by atoms with Crippen LogP contribution >= 0.6 is 0 Å².